The van der Waals surface area contributed by atoms with Gasteiger partial charge in [0.15, 0.2) is 0 Å². The predicted octanol–water partition coefficient (Wildman–Crippen LogP) is 2.08. The van der Waals surface area contributed by atoms with Crippen LogP contribution in [0.3, 0.4) is 0 Å². The Morgan fingerprint density at radius 1 is 1.17 bits per heavy atom. The fourth-order valence-electron chi connectivity index (χ4n) is 1.53. The van der Waals surface area contributed by atoms with Crippen LogP contribution in [0.4, 0.5) is 4.39 Å². The highest BCUT2D eigenvalue weighted by Gasteiger charge is 2.03. The minimum absolute atomic E-state index is 0.0991. The molecule has 0 aliphatic rings. The quantitative estimate of drug-likeness (QED) is 0.894. The van der Waals surface area contributed by atoms with E-state index >= 15 is 0 Å². The van der Waals surface area contributed by atoms with Crippen LogP contribution in [0.1, 0.15) is 11.3 Å². The highest BCUT2D eigenvalue weighted by Crippen LogP contribution is 2.02. The maximum Gasteiger partial charge on any atom is 0.226 e. The number of nitrogens with zero attached hydrogens (tertiary/aromatic N) is 1. The lowest BCUT2D eigenvalue weighted by molar-refractivity contribution is -0.120. The van der Waals surface area contributed by atoms with Crippen molar-refractivity contribution in [3.8, 4) is 0 Å². The first kappa shape index (κ1) is 12.2. The van der Waals surface area contributed by atoms with Gasteiger partial charge in [-0.25, -0.2) is 4.39 Å². The van der Waals surface area contributed by atoms with Crippen LogP contribution in [-0.2, 0) is 17.8 Å². The standard InChI is InChI=1S/C14H13FN2O/c15-12-6-4-11(5-7-12)10-17-14(18)9-13-3-1-2-8-16-13/h1-8H,9-10H2,(H,17,18). The molecule has 0 spiro atoms. The van der Waals surface area contributed by atoms with Crippen LogP contribution in [0.25, 0.3) is 0 Å². The Bertz CT molecular complexity index is 511. The number of carbonyl (C=O) groups is 1. The van der Waals surface area contributed by atoms with E-state index in [1.807, 2.05) is 6.07 Å². The van der Waals surface area contributed by atoms with Crippen LogP contribution >= 0.6 is 0 Å². The molecule has 4 heteroatoms. The first-order chi connectivity index (χ1) is 8.74. The monoisotopic (exact) mass is 244 g/mol. The minimum Gasteiger partial charge on any atom is -0.352 e. The Balaban J connectivity index is 1.83. The summed E-state index contributed by atoms with van der Waals surface area (Å²) in [5.41, 5.74) is 1.60. The van der Waals surface area contributed by atoms with E-state index in [4.69, 9.17) is 0 Å². The zero-order chi connectivity index (χ0) is 12.8. The third-order valence-electron chi connectivity index (χ3n) is 2.47. The van der Waals surface area contributed by atoms with E-state index in [1.54, 1.807) is 30.5 Å². The molecule has 0 atom stereocenters. The highest BCUT2D eigenvalue weighted by atomic mass is 19.1. The molecule has 0 aliphatic carbocycles. The number of pyridine rings is 1. The summed E-state index contributed by atoms with van der Waals surface area (Å²) >= 11 is 0. The van der Waals surface area contributed by atoms with Gasteiger partial charge < -0.3 is 5.32 Å². The van der Waals surface area contributed by atoms with E-state index in [0.717, 1.165) is 11.3 Å². The summed E-state index contributed by atoms with van der Waals surface area (Å²) in [5, 5.41) is 2.77. The van der Waals surface area contributed by atoms with Crippen molar-refractivity contribution in [1.82, 2.24) is 10.3 Å². The number of benzene rings is 1. The number of halogens is 1. The number of amides is 1. The van der Waals surface area contributed by atoms with E-state index in [0.29, 0.717) is 6.54 Å². The summed E-state index contributed by atoms with van der Waals surface area (Å²) in [4.78, 5) is 15.7. The van der Waals surface area contributed by atoms with Gasteiger partial charge in [-0.1, -0.05) is 18.2 Å². The molecule has 92 valence electrons. The van der Waals surface area contributed by atoms with Crippen LogP contribution in [0.2, 0.25) is 0 Å². The summed E-state index contributed by atoms with van der Waals surface area (Å²) in [7, 11) is 0. The molecule has 1 aromatic carbocycles. The summed E-state index contributed by atoms with van der Waals surface area (Å²) in [6.07, 6.45) is 1.91. The van der Waals surface area contributed by atoms with Gasteiger partial charge >= 0.3 is 0 Å². The van der Waals surface area contributed by atoms with Gasteiger partial charge in [-0.05, 0) is 29.8 Å². The smallest absolute Gasteiger partial charge is 0.226 e. The Labute approximate surface area is 105 Å². The van der Waals surface area contributed by atoms with Gasteiger partial charge in [0.2, 0.25) is 5.91 Å². The Hall–Kier alpha value is -2.23. The largest absolute Gasteiger partial charge is 0.352 e. The lowest BCUT2D eigenvalue weighted by atomic mass is 10.2. The maximum absolute atomic E-state index is 12.7. The average molecular weight is 244 g/mol. The van der Waals surface area contributed by atoms with Crippen molar-refractivity contribution < 1.29 is 9.18 Å². The van der Waals surface area contributed by atoms with Crippen LogP contribution in [0.5, 0.6) is 0 Å². The Morgan fingerprint density at radius 3 is 2.61 bits per heavy atom. The van der Waals surface area contributed by atoms with Gasteiger partial charge in [-0.15, -0.1) is 0 Å². The van der Waals surface area contributed by atoms with Gasteiger partial charge in [0.1, 0.15) is 5.82 Å². The summed E-state index contributed by atoms with van der Waals surface area (Å²) in [6, 6.07) is 11.5. The van der Waals surface area contributed by atoms with Crippen molar-refractivity contribution in [3.05, 3.63) is 65.7 Å². The van der Waals surface area contributed by atoms with E-state index < -0.39 is 0 Å². The molecule has 0 saturated carbocycles. The highest BCUT2D eigenvalue weighted by molar-refractivity contribution is 5.78. The molecule has 3 nitrogen and oxygen atoms in total. The lowest BCUT2D eigenvalue weighted by Gasteiger charge is -2.05. The third-order valence-corrected chi connectivity index (χ3v) is 2.47. The normalized spacial score (nSPS) is 10.1. The molecule has 1 N–H and O–H groups in total. The van der Waals surface area contributed by atoms with Gasteiger partial charge in [0.05, 0.1) is 6.42 Å². The molecule has 0 unspecified atom stereocenters. The van der Waals surface area contributed by atoms with Crippen molar-refractivity contribution in [2.24, 2.45) is 0 Å². The van der Waals surface area contributed by atoms with E-state index in [2.05, 4.69) is 10.3 Å². The molecule has 0 saturated heterocycles. The molecule has 18 heavy (non-hydrogen) atoms. The second-order valence-electron chi connectivity index (χ2n) is 3.90. The number of aromatic nitrogens is 1. The first-order valence-corrected chi connectivity index (χ1v) is 5.65. The molecular weight excluding hydrogens is 231 g/mol. The Morgan fingerprint density at radius 2 is 1.94 bits per heavy atom. The van der Waals surface area contributed by atoms with Gasteiger partial charge in [0.25, 0.3) is 0 Å². The predicted molar refractivity (Wildman–Crippen MR) is 66.2 cm³/mol. The molecule has 1 heterocycles. The van der Waals surface area contributed by atoms with Crippen molar-refractivity contribution >= 4 is 5.91 Å². The molecule has 1 aromatic heterocycles. The van der Waals surface area contributed by atoms with Crippen LogP contribution in [0.15, 0.2) is 48.7 Å². The molecule has 1 amide bonds. The zero-order valence-corrected chi connectivity index (χ0v) is 9.77. The third kappa shape index (κ3) is 3.66. The molecule has 0 fully saturated rings. The zero-order valence-electron chi connectivity index (χ0n) is 9.77. The fraction of sp³-hybridized carbons (Fsp3) is 0.143. The van der Waals surface area contributed by atoms with E-state index in [9.17, 15) is 9.18 Å². The number of nitrogens with one attached hydrogen (secondary N) is 1. The first-order valence-electron chi connectivity index (χ1n) is 5.65. The van der Waals surface area contributed by atoms with Gasteiger partial charge in [0, 0.05) is 18.4 Å². The van der Waals surface area contributed by atoms with Crippen molar-refractivity contribution in [3.63, 3.8) is 0 Å². The molecule has 0 aliphatic heterocycles. The van der Waals surface area contributed by atoms with E-state index in [1.165, 1.54) is 12.1 Å². The molecule has 2 aromatic rings. The molecule has 0 radical (unpaired) electrons. The van der Waals surface area contributed by atoms with Crippen LogP contribution in [-0.4, -0.2) is 10.9 Å². The van der Waals surface area contributed by atoms with Crippen molar-refractivity contribution in [2.45, 2.75) is 13.0 Å². The topological polar surface area (TPSA) is 42.0 Å². The minimum atomic E-state index is -0.279. The second-order valence-corrected chi connectivity index (χ2v) is 3.90. The summed E-state index contributed by atoms with van der Waals surface area (Å²) in [6.45, 7) is 0.395. The summed E-state index contributed by atoms with van der Waals surface area (Å²) in [5.74, 6) is -0.378. The average Bonchev–Trinajstić information content (AvgIpc) is 2.39. The molecule has 2 rings (SSSR count). The fourth-order valence-corrected chi connectivity index (χ4v) is 1.53. The summed E-state index contributed by atoms with van der Waals surface area (Å²) < 4.78 is 12.7. The van der Waals surface area contributed by atoms with Crippen molar-refractivity contribution in [2.75, 3.05) is 0 Å². The number of carbonyl (C=O) groups excluding carboxylic acids is 1. The van der Waals surface area contributed by atoms with Crippen LogP contribution < -0.4 is 5.32 Å². The lowest BCUT2D eigenvalue weighted by Crippen LogP contribution is -2.24. The number of hydrogen-bond donors (Lipinski definition) is 1. The SMILES string of the molecule is O=C(Cc1ccccn1)NCc1ccc(F)cc1. The number of hydrogen-bond acceptors (Lipinski definition) is 2. The van der Waals surface area contributed by atoms with E-state index in [-0.39, 0.29) is 18.1 Å². The van der Waals surface area contributed by atoms with Gasteiger partial charge in [-0.2, -0.15) is 0 Å². The Kier molecular flexibility index (Phi) is 4.02. The van der Waals surface area contributed by atoms with Crippen molar-refractivity contribution in [1.29, 1.82) is 0 Å². The molecular formula is C14H13FN2O. The van der Waals surface area contributed by atoms with Gasteiger partial charge in [-0.3, -0.25) is 9.78 Å². The number of rotatable bonds is 4. The van der Waals surface area contributed by atoms with Crippen LogP contribution in [0, 0.1) is 5.82 Å². The maximum atomic E-state index is 12.7. The molecule has 0 bridgehead atoms. The second kappa shape index (κ2) is 5.91.